The predicted octanol–water partition coefficient (Wildman–Crippen LogP) is 2.03. The first kappa shape index (κ1) is 13.5. The van der Waals surface area contributed by atoms with Crippen molar-refractivity contribution in [3.8, 4) is 0 Å². The van der Waals surface area contributed by atoms with Crippen LogP contribution in [0.3, 0.4) is 0 Å². The highest BCUT2D eigenvalue weighted by molar-refractivity contribution is 5.33. The molecule has 1 fully saturated rings. The van der Waals surface area contributed by atoms with E-state index in [0.29, 0.717) is 0 Å². The lowest BCUT2D eigenvalue weighted by Gasteiger charge is -2.24. The standard InChI is InChI=1S/C15H24N2O/c1-12-4-5-13(2)14(10-12)15(16)11-17-6-3-8-18-9-7-17/h4-5,10,15H,3,6-9,11,16H2,1-2H3. The van der Waals surface area contributed by atoms with Crippen LogP contribution in [0.1, 0.15) is 29.2 Å². The van der Waals surface area contributed by atoms with E-state index in [1.165, 1.54) is 16.7 Å². The Bertz CT molecular complexity index is 384. The van der Waals surface area contributed by atoms with E-state index in [2.05, 4.69) is 36.9 Å². The summed E-state index contributed by atoms with van der Waals surface area (Å²) in [6.07, 6.45) is 1.11. The van der Waals surface area contributed by atoms with Crippen LogP contribution in [0.2, 0.25) is 0 Å². The Morgan fingerprint density at radius 3 is 2.94 bits per heavy atom. The van der Waals surface area contributed by atoms with Gasteiger partial charge in [-0.05, 0) is 31.4 Å². The fourth-order valence-corrected chi connectivity index (χ4v) is 2.52. The third-order valence-electron chi connectivity index (χ3n) is 3.60. The summed E-state index contributed by atoms with van der Waals surface area (Å²) in [4.78, 5) is 2.42. The van der Waals surface area contributed by atoms with Crippen molar-refractivity contribution in [1.29, 1.82) is 0 Å². The maximum Gasteiger partial charge on any atom is 0.0593 e. The van der Waals surface area contributed by atoms with Gasteiger partial charge < -0.3 is 10.5 Å². The third kappa shape index (κ3) is 3.55. The lowest BCUT2D eigenvalue weighted by Crippen LogP contribution is -2.34. The Balaban J connectivity index is 2.01. The number of benzene rings is 1. The Morgan fingerprint density at radius 1 is 1.28 bits per heavy atom. The first-order valence-corrected chi connectivity index (χ1v) is 6.79. The molecule has 3 heteroatoms. The highest BCUT2D eigenvalue weighted by Crippen LogP contribution is 2.18. The molecule has 1 aliphatic rings. The van der Waals surface area contributed by atoms with Crippen LogP contribution in [0, 0.1) is 13.8 Å². The number of nitrogens with two attached hydrogens (primary N) is 1. The molecule has 0 aliphatic carbocycles. The lowest BCUT2D eigenvalue weighted by atomic mass is 9.99. The summed E-state index contributed by atoms with van der Waals surface area (Å²) in [7, 11) is 0. The molecule has 0 spiro atoms. The van der Waals surface area contributed by atoms with Crippen molar-refractivity contribution in [1.82, 2.24) is 4.90 Å². The SMILES string of the molecule is Cc1ccc(C)c(C(N)CN2CCCOCC2)c1. The van der Waals surface area contributed by atoms with Gasteiger partial charge in [-0.3, -0.25) is 4.90 Å². The molecule has 1 unspecified atom stereocenters. The quantitative estimate of drug-likeness (QED) is 0.889. The van der Waals surface area contributed by atoms with Crippen molar-refractivity contribution in [2.45, 2.75) is 26.3 Å². The topological polar surface area (TPSA) is 38.5 Å². The minimum Gasteiger partial charge on any atom is -0.380 e. The van der Waals surface area contributed by atoms with E-state index in [1.54, 1.807) is 0 Å². The maximum atomic E-state index is 6.36. The van der Waals surface area contributed by atoms with Crippen LogP contribution in [0.5, 0.6) is 0 Å². The van der Waals surface area contributed by atoms with Gasteiger partial charge in [0.05, 0.1) is 6.61 Å². The highest BCUT2D eigenvalue weighted by atomic mass is 16.5. The van der Waals surface area contributed by atoms with Crippen LogP contribution in [0.25, 0.3) is 0 Å². The molecule has 0 saturated carbocycles. The molecule has 2 rings (SSSR count). The Labute approximate surface area is 110 Å². The lowest BCUT2D eigenvalue weighted by molar-refractivity contribution is 0.140. The van der Waals surface area contributed by atoms with Gasteiger partial charge in [-0.2, -0.15) is 0 Å². The summed E-state index contributed by atoms with van der Waals surface area (Å²) >= 11 is 0. The first-order chi connectivity index (χ1) is 8.66. The van der Waals surface area contributed by atoms with Crippen molar-refractivity contribution < 1.29 is 4.74 Å². The number of nitrogens with zero attached hydrogens (tertiary/aromatic N) is 1. The summed E-state index contributed by atoms with van der Waals surface area (Å²) in [5.74, 6) is 0. The molecule has 0 bridgehead atoms. The number of rotatable bonds is 3. The molecule has 1 saturated heterocycles. The average molecular weight is 248 g/mol. The first-order valence-electron chi connectivity index (χ1n) is 6.79. The van der Waals surface area contributed by atoms with Crippen LogP contribution < -0.4 is 5.73 Å². The van der Waals surface area contributed by atoms with E-state index >= 15 is 0 Å². The van der Waals surface area contributed by atoms with Crippen molar-refractivity contribution in [3.05, 3.63) is 34.9 Å². The zero-order valence-electron chi connectivity index (χ0n) is 11.5. The van der Waals surface area contributed by atoms with Crippen LogP contribution in [0.15, 0.2) is 18.2 Å². The number of ether oxygens (including phenoxy) is 1. The predicted molar refractivity (Wildman–Crippen MR) is 74.7 cm³/mol. The molecule has 1 aromatic rings. The van der Waals surface area contributed by atoms with E-state index < -0.39 is 0 Å². The van der Waals surface area contributed by atoms with Gasteiger partial charge >= 0.3 is 0 Å². The van der Waals surface area contributed by atoms with Gasteiger partial charge in [-0.25, -0.2) is 0 Å². The molecular formula is C15H24N2O. The largest absolute Gasteiger partial charge is 0.380 e. The molecule has 0 radical (unpaired) electrons. The zero-order chi connectivity index (χ0) is 13.0. The van der Waals surface area contributed by atoms with Crippen LogP contribution >= 0.6 is 0 Å². The Morgan fingerprint density at radius 2 is 2.11 bits per heavy atom. The monoisotopic (exact) mass is 248 g/mol. The third-order valence-corrected chi connectivity index (χ3v) is 3.60. The van der Waals surface area contributed by atoms with Gasteiger partial charge in [0.15, 0.2) is 0 Å². The van der Waals surface area contributed by atoms with Crippen molar-refractivity contribution >= 4 is 0 Å². The van der Waals surface area contributed by atoms with Crippen molar-refractivity contribution in [2.75, 3.05) is 32.8 Å². The fraction of sp³-hybridized carbons (Fsp3) is 0.600. The number of hydrogen-bond acceptors (Lipinski definition) is 3. The highest BCUT2D eigenvalue weighted by Gasteiger charge is 2.15. The maximum absolute atomic E-state index is 6.36. The molecular weight excluding hydrogens is 224 g/mol. The number of hydrogen-bond donors (Lipinski definition) is 1. The van der Waals surface area contributed by atoms with Gasteiger partial charge in [-0.1, -0.05) is 23.8 Å². The van der Waals surface area contributed by atoms with Gasteiger partial charge in [0.1, 0.15) is 0 Å². The normalized spacial score (nSPS) is 19.5. The molecule has 1 aliphatic heterocycles. The van der Waals surface area contributed by atoms with Gasteiger partial charge in [0, 0.05) is 32.3 Å². The second-order valence-corrected chi connectivity index (χ2v) is 5.23. The second-order valence-electron chi connectivity index (χ2n) is 5.23. The smallest absolute Gasteiger partial charge is 0.0593 e. The summed E-state index contributed by atoms with van der Waals surface area (Å²) in [6, 6.07) is 6.62. The average Bonchev–Trinajstić information content (AvgIpc) is 2.61. The fourth-order valence-electron chi connectivity index (χ4n) is 2.52. The molecule has 2 N–H and O–H groups in total. The van der Waals surface area contributed by atoms with E-state index in [0.717, 1.165) is 39.3 Å². The van der Waals surface area contributed by atoms with Crippen LogP contribution in [-0.4, -0.2) is 37.7 Å². The molecule has 100 valence electrons. The van der Waals surface area contributed by atoms with Crippen molar-refractivity contribution in [3.63, 3.8) is 0 Å². The summed E-state index contributed by atoms with van der Waals surface area (Å²) in [5, 5.41) is 0. The van der Waals surface area contributed by atoms with Crippen LogP contribution in [-0.2, 0) is 4.74 Å². The molecule has 0 amide bonds. The van der Waals surface area contributed by atoms with E-state index in [4.69, 9.17) is 10.5 Å². The molecule has 1 aromatic carbocycles. The second kappa shape index (κ2) is 6.32. The number of aryl methyl sites for hydroxylation is 2. The van der Waals surface area contributed by atoms with E-state index in [1.807, 2.05) is 0 Å². The van der Waals surface area contributed by atoms with Crippen LogP contribution in [0.4, 0.5) is 0 Å². The summed E-state index contributed by atoms with van der Waals surface area (Å²) < 4.78 is 5.47. The van der Waals surface area contributed by atoms with E-state index in [-0.39, 0.29) is 6.04 Å². The van der Waals surface area contributed by atoms with Gasteiger partial charge in [0.25, 0.3) is 0 Å². The van der Waals surface area contributed by atoms with Gasteiger partial charge in [-0.15, -0.1) is 0 Å². The van der Waals surface area contributed by atoms with E-state index in [9.17, 15) is 0 Å². The molecule has 1 atom stereocenters. The summed E-state index contributed by atoms with van der Waals surface area (Å²) in [6.45, 7) is 9.00. The Kier molecular flexibility index (Phi) is 4.75. The summed E-state index contributed by atoms with van der Waals surface area (Å²) in [5.41, 5.74) is 10.2. The Hall–Kier alpha value is -0.900. The molecule has 18 heavy (non-hydrogen) atoms. The molecule has 3 nitrogen and oxygen atoms in total. The minimum absolute atomic E-state index is 0.1000. The van der Waals surface area contributed by atoms with Crippen molar-refractivity contribution in [2.24, 2.45) is 5.73 Å². The molecule has 1 heterocycles. The molecule has 0 aromatic heterocycles. The minimum atomic E-state index is 0.1000. The zero-order valence-corrected chi connectivity index (χ0v) is 11.5. The van der Waals surface area contributed by atoms with Gasteiger partial charge in [0.2, 0.25) is 0 Å².